The maximum absolute atomic E-state index is 12.8. The van der Waals surface area contributed by atoms with Crippen LogP contribution in [-0.2, 0) is 11.3 Å². The molecule has 0 saturated heterocycles. The molecule has 1 heterocycles. The van der Waals surface area contributed by atoms with Gasteiger partial charge in [-0.05, 0) is 37.6 Å². The molecule has 29 heavy (non-hydrogen) atoms. The summed E-state index contributed by atoms with van der Waals surface area (Å²) < 4.78 is 2.03. The number of hydrogen-bond acceptors (Lipinski definition) is 5. The van der Waals surface area contributed by atoms with E-state index in [1.165, 1.54) is 24.6 Å². The molecular formula is C22H26N4OS2. The van der Waals surface area contributed by atoms with Crippen molar-refractivity contribution in [1.82, 2.24) is 14.8 Å². The standard InChI is InChI=1S/C22H26N4OS2/c1-3-4-10-15-26-16-23-25-22(26)28-17(2)21(27)24-19-13-8-9-14-20(19)29-18-11-6-5-7-12-18/h5-9,11-14,16-17H,3-4,10,15H2,1-2H3,(H,24,27). The van der Waals surface area contributed by atoms with Crippen LogP contribution >= 0.6 is 23.5 Å². The Kier molecular flexibility index (Phi) is 8.19. The van der Waals surface area contributed by atoms with Gasteiger partial charge >= 0.3 is 0 Å². The van der Waals surface area contributed by atoms with Gasteiger partial charge in [0.2, 0.25) is 5.91 Å². The van der Waals surface area contributed by atoms with Gasteiger partial charge in [0, 0.05) is 16.3 Å². The number of aromatic nitrogens is 3. The molecule has 5 nitrogen and oxygen atoms in total. The van der Waals surface area contributed by atoms with Crippen LogP contribution in [0.4, 0.5) is 5.69 Å². The molecule has 0 bridgehead atoms. The predicted molar refractivity (Wildman–Crippen MR) is 121 cm³/mol. The first-order valence-electron chi connectivity index (χ1n) is 9.84. The zero-order chi connectivity index (χ0) is 20.5. The Bertz CT molecular complexity index is 914. The molecule has 152 valence electrons. The molecule has 0 radical (unpaired) electrons. The molecule has 2 aromatic carbocycles. The highest BCUT2D eigenvalue weighted by Gasteiger charge is 2.19. The van der Waals surface area contributed by atoms with E-state index in [9.17, 15) is 4.79 Å². The van der Waals surface area contributed by atoms with E-state index in [0.29, 0.717) is 0 Å². The van der Waals surface area contributed by atoms with Gasteiger partial charge in [0.25, 0.3) is 0 Å². The van der Waals surface area contributed by atoms with E-state index >= 15 is 0 Å². The van der Waals surface area contributed by atoms with Crippen LogP contribution in [0.3, 0.4) is 0 Å². The number of amides is 1. The first kappa shape index (κ1) is 21.5. The van der Waals surface area contributed by atoms with Crippen LogP contribution in [0, 0.1) is 0 Å². The molecule has 1 N–H and O–H groups in total. The van der Waals surface area contributed by atoms with E-state index in [4.69, 9.17) is 0 Å². The third kappa shape index (κ3) is 6.37. The minimum Gasteiger partial charge on any atom is -0.324 e. The molecule has 0 aliphatic carbocycles. The first-order chi connectivity index (χ1) is 14.2. The average Bonchev–Trinajstić information content (AvgIpc) is 3.17. The molecule has 1 unspecified atom stereocenters. The third-order valence-electron chi connectivity index (χ3n) is 4.35. The Hall–Kier alpha value is -2.25. The molecule has 0 fully saturated rings. The fourth-order valence-corrected chi connectivity index (χ4v) is 4.51. The van der Waals surface area contributed by atoms with Crippen molar-refractivity contribution in [2.75, 3.05) is 5.32 Å². The van der Waals surface area contributed by atoms with E-state index in [1.54, 1.807) is 18.1 Å². The van der Waals surface area contributed by atoms with Crippen molar-refractivity contribution >= 4 is 35.1 Å². The lowest BCUT2D eigenvalue weighted by molar-refractivity contribution is -0.115. The number of unbranched alkanes of at least 4 members (excludes halogenated alkanes) is 2. The summed E-state index contributed by atoms with van der Waals surface area (Å²) >= 11 is 3.08. The van der Waals surface area contributed by atoms with Gasteiger partial charge in [-0.25, -0.2) is 0 Å². The monoisotopic (exact) mass is 426 g/mol. The SMILES string of the molecule is CCCCCn1cnnc1SC(C)C(=O)Nc1ccccc1Sc1ccccc1. The highest BCUT2D eigenvalue weighted by Crippen LogP contribution is 2.33. The Labute approximate surface area is 180 Å². The molecule has 0 saturated carbocycles. The summed E-state index contributed by atoms with van der Waals surface area (Å²) in [6.45, 7) is 4.97. The number of carbonyl (C=O) groups excluding carboxylic acids is 1. The van der Waals surface area contributed by atoms with Gasteiger partial charge in [0.15, 0.2) is 5.16 Å². The predicted octanol–water partition coefficient (Wildman–Crippen LogP) is 5.74. The Balaban J connectivity index is 1.63. The molecule has 1 atom stereocenters. The largest absolute Gasteiger partial charge is 0.324 e. The summed E-state index contributed by atoms with van der Waals surface area (Å²) in [7, 11) is 0. The molecule has 3 aromatic rings. The van der Waals surface area contributed by atoms with Crippen LogP contribution in [0.1, 0.15) is 33.1 Å². The van der Waals surface area contributed by atoms with Crippen molar-refractivity contribution in [3.8, 4) is 0 Å². The fourth-order valence-electron chi connectivity index (χ4n) is 2.74. The molecule has 7 heteroatoms. The van der Waals surface area contributed by atoms with Gasteiger partial charge in [-0.3, -0.25) is 4.79 Å². The lowest BCUT2D eigenvalue weighted by Gasteiger charge is -2.14. The quantitative estimate of drug-likeness (QED) is 0.331. The third-order valence-corrected chi connectivity index (χ3v) is 6.53. The molecule has 0 aliphatic heterocycles. The molecule has 0 spiro atoms. The number of rotatable bonds is 10. The van der Waals surface area contributed by atoms with E-state index in [-0.39, 0.29) is 11.2 Å². The van der Waals surface area contributed by atoms with E-state index < -0.39 is 0 Å². The summed E-state index contributed by atoms with van der Waals surface area (Å²) in [5, 5.41) is 11.8. The number of benzene rings is 2. The number of thioether (sulfide) groups is 1. The summed E-state index contributed by atoms with van der Waals surface area (Å²) in [4.78, 5) is 15.0. The minimum atomic E-state index is -0.279. The maximum Gasteiger partial charge on any atom is 0.237 e. The van der Waals surface area contributed by atoms with Gasteiger partial charge in [0.05, 0.1) is 10.9 Å². The van der Waals surface area contributed by atoms with Crippen molar-refractivity contribution < 1.29 is 4.79 Å². The fraction of sp³-hybridized carbons (Fsp3) is 0.318. The number of carbonyl (C=O) groups is 1. The van der Waals surface area contributed by atoms with Crippen molar-refractivity contribution in [1.29, 1.82) is 0 Å². The van der Waals surface area contributed by atoms with Gasteiger partial charge in [-0.15, -0.1) is 10.2 Å². The van der Waals surface area contributed by atoms with Crippen molar-refractivity contribution in [2.45, 2.75) is 59.9 Å². The second-order valence-electron chi connectivity index (χ2n) is 6.67. The highest BCUT2D eigenvalue weighted by molar-refractivity contribution is 8.00. The molecule has 1 amide bonds. The summed E-state index contributed by atoms with van der Waals surface area (Å²) in [5.74, 6) is -0.0424. The normalized spacial score (nSPS) is 11.9. The van der Waals surface area contributed by atoms with Crippen LogP contribution in [0.5, 0.6) is 0 Å². The second kappa shape index (κ2) is 11.1. The van der Waals surface area contributed by atoms with Crippen LogP contribution in [0.15, 0.2) is 75.9 Å². The van der Waals surface area contributed by atoms with Crippen molar-refractivity contribution in [3.63, 3.8) is 0 Å². The van der Waals surface area contributed by atoms with Gasteiger partial charge in [0.1, 0.15) is 6.33 Å². The Morgan fingerprint density at radius 3 is 2.66 bits per heavy atom. The number of hydrogen-bond donors (Lipinski definition) is 1. The maximum atomic E-state index is 12.8. The lowest BCUT2D eigenvalue weighted by Crippen LogP contribution is -2.23. The van der Waals surface area contributed by atoms with Gasteiger partial charge in [-0.1, -0.05) is 73.6 Å². The number of aryl methyl sites for hydroxylation is 1. The lowest BCUT2D eigenvalue weighted by atomic mass is 10.2. The highest BCUT2D eigenvalue weighted by atomic mass is 32.2. The zero-order valence-corrected chi connectivity index (χ0v) is 18.4. The molecule has 0 aliphatic rings. The average molecular weight is 427 g/mol. The number of nitrogens with zero attached hydrogens (tertiary/aromatic N) is 3. The van der Waals surface area contributed by atoms with Crippen LogP contribution < -0.4 is 5.32 Å². The smallest absolute Gasteiger partial charge is 0.237 e. The van der Waals surface area contributed by atoms with E-state index in [1.807, 2.05) is 54.0 Å². The number of anilines is 1. The van der Waals surface area contributed by atoms with Crippen molar-refractivity contribution in [3.05, 3.63) is 60.9 Å². The minimum absolute atomic E-state index is 0.0424. The van der Waals surface area contributed by atoms with Crippen LogP contribution in [0.2, 0.25) is 0 Å². The number of nitrogens with one attached hydrogen (secondary N) is 1. The van der Waals surface area contributed by atoms with Crippen molar-refractivity contribution in [2.24, 2.45) is 0 Å². The van der Waals surface area contributed by atoms with Crippen LogP contribution in [0.25, 0.3) is 0 Å². The van der Waals surface area contributed by atoms with Crippen LogP contribution in [-0.4, -0.2) is 25.9 Å². The number of para-hydroxylation sites is 1. The summed E-state index contributed by atoms with van der Waals surface area (Å²) in [6, 6.07) is 18.0. The molecule has 1 aromatic heterocycles. The second-order valence-corrected chi connectivity index (χ2v) is 9.10. The van der Waals surface area contributed by atoms with E-state index in [0.717, 1.165) is 33.6 Å². The van der Waals surface area contributed by atoms with Gasteiger partial charge < -0.3 is 9.88 Å². The zero-order valence-electron chi connectivity index (χ0n) is 16.7. The van der Waals surface area contributed by atoms with Gasteiger partial charge in [-0.2, -0.15) is 0 Å². The summed E-state index contributed by atoms with van der Waals surface area (Å²) in [5.41, 5.74) is 0.822. The topological polar surface area (TPSA) is 59.8 Å². The van der Waals surface area contributed by atoms with E-state index in [2.05, 4.69) is 34.6 Å². The Morgan fingerprint density at radius 1 is 1.10 bits per heavy atom. The molecular weight excluding hydrogens is 400 g/mol. The summed E-state index contributed by atoms with van der Waals surface area (Å²) in [6.07, 6.45) is 5.18. The first-order valence-corrected chi connectivity index (χ1v) is 11.5. The Morgan fingerprint density at radius 2 is 1.86 bits per heavy atom. The molecule has 3 rings (SSSR count).